The third-order valence-corrected chi connectivity index (χ3v) is 5.26. The van der Waals surface area contributed by atoms with Crippen LogP contribution in [0.25, 0.3) is 6.08 Å². The standard InChI is InChI=1S/C13H15N3O3S/c1-7-5-9-4-3-8(2)20(18,19)11(9)6-10(7)12(17)16-13(14)15/h3-6,8H,1-2H3,(H4,14,15,16,17). The molecule has 1 amide bonds. The molecule has 0 aliphatic carbocycles. The second-order valence-corrected chi connectivity index (χ2v) is 6.93. The Morgan fingerprint density at radius 1 is 1.30 bits per heavy atom. The maximum Gasteiger partial charge on any atom is 0.280 e. The van der Waals surface area contributed by atoms with Crippen molar-refractivity contribution in [3.05, 3.63) is 34.9 Å². The van der Waals surface area contributed by atoms with Gasteiger partial charge < -0.3 is 11.5 Å². The summed E-state index contributed by atoms with van der Waals surface area (Å²) in [6.45, 7) is 3.29. The summed E-state index contributed by atoms with van der Waals surface area (Å²) < 4.78 is 24.5. The minimum Gasteiger partial charge on any atom is -0.370 e. The fourth-order valence-corrected chi connectivity index (χ4v) is 3.46. The summed E-state index contributed by atoms with van der Waals surface area (Å²) in [5.74, 6) is -1.01. The number of nitrogens with two attached hydrogens (primary N) is 2. The molecule has 0 saturated heterocycles. The second kappa shape index (κ2) is 4.75. The van der Waals surface area contributed by atoms with Crippen LogP contribution in [-0.2, 0) is 9.84 Å². The summed E-state index contributed by atoms with van der Waals surface area (Å²) in [5, 5.41) is -0.622. The molecule has 1 unspecified atom stereocenters. The highest BCUT2D eigenvalue weighted by Gasteiger charge is 2.28. The highest BCUT2D eigenvalue weighted by molar-refractivity contribution is 7.92. The monoisotopic (exact) mass is 293 g/mol. The molecule has 1 aromatic rings. The lowest BCUT2D eigenvalue weighted by Crippen LogP contribution is -2.25. The van der Waals surface area contributed by atoms with Crippen molar-refractivity contribution in [3.8, 4) is 0 Å². The van der Waals surface area contributed by atoms with Gasteiger partial charge in [-0.1, -0.05) is 12.2 Å². The Hall–Kier alpha value is -2.15. The van der Waals surface area contributed by atoms with Gasteiger partial charge in [-0.05, 0) is 37.1 Å². The van der Waals surface area contributed by atoms with Gasteiger partial charge >= 0.3 is 0 Å². The lowest BCUT2D eigenvalue weighted by molar-refractivity contribution is 0.100. The molecule has 0 aromatic heterocycles. The molecule has 7 heteroatoms. The summed E-state index contributed by atoms with van der Waals surface area (Å²) in [6.07, 6.45) is 3.36. The summed E-state index contributed by atoms with van der Waals surface area (Å²) in [5.41, 5.74) is 11.7. The van der Waals surface area contributed by atoms with Crippen LogP contribution in [0.15, 0.2) is 28.1 Å². The van der Waals surface area contributed by atoms with Crippen LogP contribution >= 0.6 is 0 Å². The topological polar surface area (TPSA) is 116 Å². The lowest BCUT2D eigenvalue weighted by Gasteiger charge is -2.18. The molecule has 1 aliphatic heterocycles. The van der Waals surface area contributed by atoms with Gasteiger partial charge in [0.15, 0.2) is 15.8 Å². The number of hydrogen-bond acceptors (Lipinski definition) is 3. The molecular weight excluding hydrogens is 278 g/mol. The molecule has 6 nitrogen and oxygen atoms in total. The van der Waals surface area contributed by atoms with E-state index in [2.05, 4.69) is 4.99 Å². The highest BCUT2D eigenvalue weighted by atomic mass is 32.2. The van der Waals surface area contributed by atoms with E-state index in [1.165, 1.54) is 6.07 Å². The Balaban J connectivity index is 2.67. The Labute approximate surface area is 117 Å². The highest BCUT2D eigenvalue weighted by Crippen LogP contribution is 2.30. The van der Waals surface area contributed by atoms with Crippen LogP contribution in [0.1, 0.15) is 28.4 Å². The first-order chi connectivity index (χ1) is 9.23. The van der Waals surface area contributed by atoms with Crippen molar-refractivity contribution in [2.75, 3.05) is 0 Å². The quantitative estimate of drug-likeness (QED) is 0.581. The van der Waals surface area contributed by atoms with Gasteiger partial charge in [-0.3, -0.25) is 4.79 Å². The van der Waals surface area contributed by atoms with Crippen molar-refractivity contribution >= 4 is 27.8 Å². The molecule has 20 heavy (non-hydrogen) atoms. The predicted molar refractivity (Wildman–Crippen MR) is 77.0 cm³/mol. The molecule has 1 heterocycles. The number of carbonyl (C=O) groups is 1. The number of fused-ring (bicyclic) bond motifs is 1. The summed E-state index contributed by atoms with van der Waals surface area (Å²) >= 11 is 0. The van der Waals surface area contributed by atoms with Gasteiger partial charge in [-0.15, -0.1) is 0 Å². The van der Waals surface area contributed by atoms with E-state index in [4.69, 9.17) is 11.5 Å². The number of hydrogen-bond donors (Lipinski definition) is 2. The van der Waals surface area contributed by atoms with E-state index in [1.54, 1.807) is 32.1 Å². The van der Waals surface area contributed by atoms with Crippen LogP contribution in [0.2, 0.25) is 0 Å². The molecule has 1 aliphatic rings. The zero-order valence-electron chi connectivity index (χ0n) is 11.1. The smallest absolute Gasteiger partial charge is 0.280 e. The van der Waals surface area contributed by atoms with Crippen molar-refractivity contribution in [1.82, 2.24) is 0 Å². The van der Waals surface area contributed by atoms with Crippen LogP contribution < -0.4 is 11.5 Å². The first-order valence-corrected chi connectivity index (χ1v) is 7.49. The van der Waals surface area contributed by atoms with E-state index in [-0.39, 0.29) is 16.4 Å². The molecule has 2 rings (SSSR count). The predicted octanol–water partition coefficient (Wildman–Crippen LogP) is 0.598. The minimum absolute atomic E-state index is 0.132. The van der Waals surface area contributed by atoms with Gasteiger partial charge in [-0.25, -0.2) is 8.42 Å². The maximum absolute atomic E-state index is 12.3. The van der Waals surface area contributed by atoms with E-state index in [0.717, 1.165) is 0 Å². The average Bonchev–Trinajstić information content (AvgIpc) is 2.32. The van der Waals surface area contributed by atoms with E-state index in [1.807, 2.05) is 0 Å². The third-order valence-electron chi connectivity index (χ3n) is 3.16. The van der Waals surface area contributed by atoms with E-state index < -0.39 is 21.0 Å². The average molecular weight is 293 g/mol. The Morgan fingerprint density at radius 3 is 2.55 bits per heavy atom. The number of aryl methyl sites for hydroxylation is 1. The maximum atomic E-state index is 12.3. The van der Waals surface area contributed by atoms with Gasteiger partial charge in [0.05, 0.1) is 10.1 Å². The second-order valence-electron chi connectivity index (χ2n) is 4.66. The van der Waals surface area contributed by atoms with Crippen LogP contribution in [0.5, 0.6) is 0 Å². The zero-order valence-corrected chi connectivity index (χ0v) is 11.9. The molecule has 4 N–H and O–H groups in total. The summed E-state index contributed by atoms with van der Waals surface area (Å²) in [6, 6.07) is 2.99. The molecule has 0 fully saturated rings. The van der Waals surface area contributed by atoms with Gasteiger partial charge in [0.25, 0.3) is 5.91 Å². The van der Waals surface area contributed by atoms with Crippen molar-refractivity contribution in [1.29, 1.82) is 0 Å². The molecule has 0 bridgehead atoms. The summed E-state index contributed by atoms with van der Waals surface area (Å²) in [4.78, 5) is 15.5. The van der Waals surface area contributed by atoms with Crippen LogP contribution in [0.3, 0.4) is 0 Å². The third kappa shape index (κ3) is 2.32. The number of benzene rings is 1. The largest absolute Gasteiger partial charge is 0.370 e. The van der Waals surface area contributed by atoms with Gasteiger partial charge in [0, 0.05) is 5.56 Å². The van der Waals surface area contributed by atoms with Crippen molar-refractivity contribution < 1.29 is 13.2 Å². The number of nitrogens with zero attached hydrogens (tertiary/aromatic N) is 1. The van der Waals surface area contributed by atoms with Crippen molar-refractivity contribution in [3.63, 3.8) is 0 Å². The molecule has 0 spiro atoms. The molecule has 106 valence electrons. The fourth-order valence-electron chi connectivity index (χ4n) is 2.04. The Kier molecular flexibility index (Phi) is 3.39. The normalized spacial score (nSPS) is 19.2. The summed E-state index contributed by atoms with van der Waals surface area (Å²) in [7, 11) is -3.47. The number of rotatable bonds is 1. The minimum atomic E-state index is -3.47. The fraction of sp³-hybridized carbons (Fsp3) is 0.231. The number of sulfone groups is 1. The zero-order chi connectivity index (χ0) is 15.1. The number of aliphatic imine (C=N–C) groups is 1. The molecular formula is C13H15N3O3S. The number of amides is 1. The molecule has 0 radical (unpaired) electrons. The van der Waals surface area contributed by atoms with Gasteiger partial charge in [0.2, 0.25) is 0 Å². The van der Waals surface area contributed by atoms with Gasteiger partial charge in [0.1, 0.15) is 0 Å². The van der Waals surface area contributed by atoms with Crippen LogP contribution in [0.4, 0.5) is 0 Å². The number of guanidine groups is 1. The molecule has 1 atom stereocenters. The van der Waals surface area contributed by atoms with Crippen LogP contribution in [0, 0.1) is 6.92 Å². The van der Waals surface area contributed by atoms with E-state index >= 15 is 0 Å². The SMILES string of the molecule is Cc1cc2c(cc1C(=O)N=C(N)N)S(=O)(=O)C(C)C=C2. The van der Waals surface area contributed by atoms with Crippen LogP contribution in [-0.4, -0.2) is 25.5 Å². The van der Waals surface area contributed by atoms with Gasteiger partial charge in [-0.2, -0.15) is 4.99 Å². The van der Waals surface area contributed by atoms with Crippen molar-refractivity contribution in [2.24, 2.45) is 16.5 Å². The first kappa shape index (κ1) is 14.3. The first-order valence-electron chi connectivity index (χ1n) is 5.94. The Bertz CT molecular complexity index is 744. The van der Waals surface area contributed by atoms with E-state index in [9.17, 15) is 13.2 Å². The number of carbonyl (C=O) groups excluding carboxylic acids is 1. The lowest BCUT2D eigenvalue weighted by atomic mass is 10.0. The Morgan fingerprint density at radius 2 is 1.95 bits per heavy atom. The molecule has 0 saturated carbocycles. The van der Waals surface area contributed by atoms with E-state index in [0.29, 0.717) is 11.1 Å². The molecule has 1 aromatic carbocycles. The van der Waals surface area contributed by atoms with Crippen molar-refractivity contribution in [2.45, 2.75) is 24.0 Å².